The van der Waals surface area contributed by atoms with E-state index in [1.807, 2.05) is 19.9 Å². The van der Waals surface area contributed by atoms with Crippen LogP contribution < -0.4 is 10.6 Å². The van der Waals surface area contributed by atoms with E-state index in [0.29, 0.717) is 6.54 Å². The topological polar surface area (TPSA) is 61.4 Å². The maximum atomic E-state index is 14.0. The van der Waals surface area contributed by atoms with Crippen LogP contribution in [0.5, 0.6) is 0 Å². The Balaban J connectivity index is 1.66. The number of nitrogens with one attached hydrogen (secondary N) is 2. The summed E-state index contributed by atoms with van der Waals surface area (Å²) in [6.07, 6.45) is 2.31. The van der Waals surface area contributed by atoms with Gasteiger partial charge >= 0.3 is 0 Å². The van der Waals surface area contributed by atoms with E-state index in [2.05, 4.69) is 33.9 Å². The molecule has 2 heterocycles. The number of carbonyl (C=O) groups excluding carboxylic acids is 2. The molecular formula is C24H32FN3O2S. The third-order valence-corrected chi connectivity index (χ3v) is 6.93. The summed E-state index contributed by atoms with van der Waals surface area (Å²) >= 11 is 1.70. The number of likely N-dealkylation sites (tertiary alicyclic amines) is 1. The van der Waals surface area contributed by atoms with Gasteiger partial charge in [0.1, 0.15) is 11.9 Å². The Morgan fingerprint density at radius 1 is 1.16 bits per heavy atom. The molecule has 0 aliphatic carbocycles. The van der Waals surface area contributed by atoms with Crippen LogP contribution >= 0.6 is 11.3 Å². The Morgan fingerprint density at radius 2 is 1.87 bits per heavy atom. The first-order valence-corrected chi connectivity index (χ1v) is 11.8. The molecule has 2 aromatic rings. The number of carbonyl (C=O) groups is 2. The number of hydrogen-bond acceptors (Lipinski definition) is 4. The highest BCUT2D eigenvalue weighted by Gasteiger charge is 2.29. The zero-order valence-electron chi connectivity index (χ0n) is 18.4. The number of thiophene rings is 1. The molecule has 7 heteroatoms. The molecule has 3 rings (SSSR count). The number of piperidine rings is 1. The van der Waals surface area contributed by atoms with Crippen LogP contribution in [0.2, 0.25) is 0 Å². The Bertz CT molecular complexity index is 863. The fourth-order valence-corrected chi connectivity index (χ4v) is 4.80. The van der Waals surface area contributed by atoms with Crippen LogP contribution in [-0.4, -0.2) is 42.4 Å². The molecule has 0 radical (unpaired) electrons. The van der Waals surface area contributed by atoms with E-state index in [1.54, 1.807) is 17.4 Å². The minimum atomic E-state index is -0.738. The van der Waals surface area contributed by atoms with Crippen molar-refractivity contribution in [1.82, 2.24) is 15.5 Å². The third-order valence-electron chi connectivity index (χ3n) is 5.95. The van der Waals surface area contributed by atoms with Crippen molar-refractivity contribution in [3.63, 3.8) is 0 Å². The Hall–Kier alpha value is -2.25. The van der Waals surface area contributed by atoms with Crippen molar-refractivity contribution in [2.75, 3.05) is 19.6 Å². The number of halogens is 1. The smallest absolute Gasteiger partial charge is 0.254 e. The summed E-state index contributed by atoms with van der Waals surface area (Å²) in [5.41, 5.74) is -0.0557. The number of nitrogens with zero attached hydrogens (tertiary/aromatic N) is 1. The lowest BCUT2D eigenvalue weighted by molar-refractivity contribution is -0.124. The van der Waals surface area contributed by atoms with Crippen LogP contribution in [0.25, 0.3) is 0 Å². The predicted molar refractivity (Wildman–Crippen MR) is 123 cm³/mol. The zero-order chi connectivity index (χ0) is 22.4. The molecule has 168 valence electrons. The standard InChI is InChI=1S/C24H32FN3O2S/c1-16(2)22(27-23(29)18-7-4-5-8-19(18)25)24(30)26-15-20(21-9-6-14-31-21)28-12-10-17(3)11-13-28/h4-9,14,16-17,20,22H,10-13,15H2,1-3H3,(H,26,30)(H,27,29). The molecule has 2 N–H and O–H groups in total. The molecule has 1 aromatic heterocycles. The SMILES string of the molecule is CC1CCN(C(CNC(=O)C(NC(=O)c2ccccc2F)C(C)C)c2cccs2)CC1. The van der Waals surface area contributed by atoms with Crippen molar-refractivity contribution in [3.8, 4) is 0 Å². The van der Waals surface area contributed by atoms with E-state index in [0.717, 1.165) is 31.8 Å². The Kier molecular flexibility index (Phi) is 8.21. The fraction of sp³-hybridized carbons (Fsp3) is 0.500. The summed E-state index contributed by atoms with van der Waals surface area (Å²) in [6.45, 7) is 8.52. The lowest BCUT2D eigenvalue weighted by Gasteiger charge is -2.36. The number of hydrogen-bond donors (Lipinski definition) is 2. The van der Waals surface area contributed by atoms with E-state index >= 15 is 0 Å². The van der Waals surface area contributed by atoms with Gasteiger partial charge in [0.15, 0.2) is 0 Å². The number of benzene rings is 1. The molecule has 1 aromatic carbocycles. The highest BCUT2D eigenvalue weighted by atomic mass is 32.1. The van der Waals surface area contributed by atoms with Crippen LogP contribution in [0.1, 0.15) is 54.9 Å². The predicted octanol–water partition coefficient (Wildman–Crippen LogP) is 4.23. The van der Waals surface area contributed by atoms with Crippen molar-refractivity contribution in [3.05, 3.63) is 58.0 Å². The first-order valence-electron chi connectivity index (χ1n) is 11.0. The van der Waals surface area contributed by atoms with E-state index in [4.69, 9.17) is 0 Å². The fourth-order valence-electron chi connectivity index (χ4n) is 3.94. The first-order chi connectivity index (χ1) is 14.9. The summed E-state index contributed by atoms with van der Waals surface area (Å²) < 4.78 is 14.0. The molecule has 31 heavy (non-hydrogen) atoms. The van der Waals surface area contributed by atoms with Gasteiger partial charge in [0.05, 0.1) is 11.6 Å². The molecular weight excluding hydrogens is 413 g/mol. The van der Waals surface area contributed by atoms with Crippen molar-refractivity contribution in [2.45, 2.75) is 45.7 Å². The minimum Gasteiger partial charge on any atom is -0.352 e. The van der Waals surface area contributed by atoms with Gasteiger partial charge in [0.25, 0.3) is 5.91 Å². The molecule has 2 atom stereocenters. The Labute approximate surface area is 188 Å². The molecule has 0 bridgehead atoms. The number of amides is 2. The van der Waals surface area contributed by atoms with E-state index in [9.17, 15) is 14.0 Å². The van der Waals surface area contributed by atoms with Crippen LogP contribution in [0, 0.1) is 17.7 Å². The van der Waals surface area contributed by atoms with Gasteiger partial charge in [-0.3, -0.25) is 14.5 Å². The molecule has 2 amide bonds. The molecule has 1 fully saturated rings. The monoisotopic (exact) mass is 445 g/mol. The Morgan fingerprint density at radius 3 is 2.48 bits per heavy atom. The normalized spacial score (nSPS) is 17.3. The van der Waals surface area contributed by atoms with Crippen LogP contribution in [0.15, 0.2) is 41.8 Å². The van der Waals surface area contributed by atoms with Crippen molar-refractivity contribution >= 4 is 23.2 Å². The molecule has 5 nitrogen and oxygen atoms in total. The quantitative estimate of drug-likeness (QED) is 0.639. The maximum absolute atomic E-state index is 14.0. The molecule has 2 unspecified atom stereocenters. The lowest BCUT2D eigenvalue weighted by Crippen LogP contribution is -2.51. The van der Waals surface area contributed by atoms with Crippen molar-refractivity contribution < 1.29 is 14.0 Å². The van der Waals surface area contributed by atoms with Crippen LogP contribution in [0.4, 0.5) is 4.39 Å². The van der Waals surface area contributed by atoms with Gasteiger partial charge in [-0.15, -0.1) is 11.3 Å². The van der Waals surface area contributed by atoms with Gasteiger partial charge < -0.3 is 10.6 Å². The van der Waals surface area contributed by atoms with Gasteiger partial charge in [-0.25, -0.2) is 4.39 Å². The molecule has 0 saturated carbocycles. The largest absolute Gasteiger partial charge is 0.352 e. The molecule has 1 aliphatic rings. The molecule has 0 spiro atoms. The maximum Gasteiger partial charge on any atom is 0.254 e. The average Bonchev–Trinajstić information content (AvgIpc) is 3.27. The van der Waals surface area contributed by atoms with Gasteiger partial charge in [0.2, 0.25) is 5.91 Å². The van der Waals surface area contributed by atoms with Gasteiger partial charge in [-0.1, -0.05) is 39.0 Å². The average molecular weight is 446 g/mol. The summed E-state index contributed by atoms with van der Waals surface area (Å²) in [7, 11) is 0. The number of rotatable bonds is 8. The van der Waals surface area contributed by atoms with Gasteiger partial charge in [-0.05, 0) is 61.3 Å². The summed E-state index contributed by atoms with van der Waals surface area (Å²) in [5, 5.41) is 7.82. The summed E-state index contributed by atoms with van der Waals surface area (Å²) in [6, 6.07) is 9.32. The second-order valence-corrected chi connectivity index (χ2v) is 9.65. The van der Waals surface area contributed by atoms with Crippen LogP contribution in [0.3, 0.4) is 0 Å². The first kappa shape index (κ1) is 23.4. The highest BCUT2D eigenvalue weighted by molar-refractivity contribution is 7.10. The second kappa shape index (κ2) is 10.9. The van der Waals surface area contributed by atoms with Gasteiger partial charge in [0, 0.05) is 11.4 Å². The summed E-state index contributed by atoms with van der Waals surface area (Å²) in [4.78, 5) is 29.2. The third kappa shape index (κ3) is 6.14. The lowest BCUT2D eigenvalue weighted by atomic mass is 9.97. The van der Waals surface area contributed by atoms with E-state index < -0.39 is 17.8 Å². The van der Waals surface area contributed by atoms with Crippen molar-refractivity contribution in [2.24, 2.45) is 11.8 Å². The highest BCUT2D eigenvalue weighted by Crippen LogP contribution is 2.29. The van der Waals surface area contributed by atoms with Crippen LogP contribution in [-0.2, 0) is 4.79 Å². The second-order valence-electron chi connectivity index (χ2n) is 8.67. The zero-order valence-corrected chi connectivity index (χ0v) is 19.3. The minimum absolute atomic E-state index is 0.0557. The molecule has 1 saturated heterocycles. The van der Waals surface area contributed by atoms with E-state index in [-0.39, 0.29) is 23.4 Å². The molecule has 1 aliphatic heterocycles. The van der Waals surface area contributed by atoms with Gasteiger partial charge in [-0.2, -0.15) is 0 Å². The van der Waals surface area contributed by atoms with E-state index in [1.165, 1.54) is 23.1 Å². The van der Waals surface area contributed by atoms with Crippen molar-refractivity contribution in [1.29, 1.82) is 0 Å². The summed E-state index contributed by atoms with van der Waals surface area (Å²) in [5.74, 6) is -0.820.